The summed E-state index contributed by atoms with van der Waals surface area (Å²) in [6.45, 7) is 12.2. The molecule has 1 unspecified atom stereocenters. The fourth-order valence-corrected chi connectivity index (χ4v) is 21.3. The minimum absolute atomic E-state index is 0. The van der Waals surface area contributed by atoms with Crippen LogP contribution < -0.4 is 24.8 Å². The van der Waals surface area contributed by atoms with Crippen LogP contribution in [-0.2, 0) is 20.4 Å². The molecule has 0 amide bonds. The zero-order valence-electron chi connectivity index (χ0n) is 15.2. The molecule has 3 rings (SSSR count). The molecule has 0 aliphatic heterocycles. The first-order valence-electron chi connectivity index (χ1n) is 8.23. The minimum atomic E-state index is -1.62. The summed E-state index contributed by atoms with van der Waals surface area (Å²) in [5.74, 6) is 0. The topological polar surface area (TPSA) is 0 Å². The smallest absolute Gasteiger partial charge is 1.00 e. The Morgan fingerprint density at radius 2 is 1.71 bits per heavy atom. The Bertz CT molecular complexity index is 732. The van der Waals surface area contributed by atoms with Gasteiger partial charge >= 0.3 is 144 Å². The van der Waals surface area contributed by atoms with Crippen LogP contribution in [0.15, 0.2) is 51.3 Å². The summed E-state index contributed by atoms with van der Waals surface area (Å²) >= 11 is -1.62. The van der Waals surface area contributed by atoms with E-state index in [1.807, 2.05) is 3.28 Å². The molecule has 24 heavy (non-hydrogen) atoms. The Kier molecular flexibility index (Phi) is 8.01. The van der Waals surface area contributed by atoms with Gasteiger partial charge in [-0.15, -0.1) is 0 Å². The number of hydrogen-bond acceptors (Lipinski definition) is 0. The van der Waals surface area contributed by atoms with Gasteiger partial charge in [-0.1, -0.05) is 0 Å². The molecule has 1 aromatic rings. The maximum Gasteiger partial charge on any atom is -1.00 e. The summed E-state index contributed by atoms with van der Waals surface area (Å²) in [6, 6.07) is 9.05. The predicted molar refractivity (Wildman–Crippen MR) is 95.9 cm³/mol. The van der Waals surface area contributed by atoms with Crippen LogP contribution in [0.5, 0.6) is 0 Å². The van der Waals surface area contributed by atoms with E-state index >= 15 is 0 Å². The van der Waals surface area contributed by atoms with Gasteiger partial charge < -0.3 is 24.8 Å². The summed E-state index contributed by atoms with van der Waals surface area (Å²) in [5, 5.41) is 0. The van der Waals surface area contributed by atoms with Crippen LogP contribution in [0.3, 0.4) is 0 Å². The van der Waals surface area contributed by atoms with Crippen LogP contribution >= 0.6 is 0 Å². The summed E-state index contributed by atoms with van der Waals surface area (Å²) < 4.78 is 2.64. The second kappa shape index (κ2) is 8.67. The number of hydrogen-bond donors (Lipinski definition) is 0. The molecular formula is C20H26Cl2SiZr. The Labute approximate surface area is 167 Å². The predicted octanol–water partition coefficient (Wildman–Crippen LogP) is -0.108. The summed E-state index contributed by atoms with van der Waals surface area (Å²) in [7, 11) is 0. The van der Waals surface area contributed by atoms with E-state index in [2.05, 4.69) is 82.4 Å². The van der Waals surface area contributed by atoms with Gasteiger partial charge in [0.2, 0.25) is 0 Å². The van der Waals surface area contributed by atoms with E-state index in [9.17, 15) is 0 Å². The fourth-order valence-electron chi connectivity index (χ4n) is 3.56. The largest absolute Gasteiger partial charge is 1.00 e. The zero-order valence-corrected chi connectivity index (χ0v) is 20.1. The number of halogens is 2. The van der Waals surface area contributed by atoms with Gasteiger partial charge in [0.05, 0.1) is 0 Å². The van der Waals surface area contributed by atoms with E-state index in [4.69, 9.17) is 0 Å². The van der Waals surface area contributed by atoms with Gasteiger partial charge in [0.15, 0.2) is 0 Å². The first-order chi connectivity index (χ1) is 10.4. The summed E-state index contributed by atoms with van der Waals surface area (Å²) in [5.41, 5.74) is 4.84. The molecule has 128 valence electrons. The molecule has 0 aromatic heterocycles. The van der Waals surface area contributed by atoms with E-state index in [0.29, 0.717) is 5.41 Å². The third kappa shape index (κ3) is 4.44. The molecule has 0 fully saturated rings. The van der Waals surface area contributed by atoms with Crippen molar-refractivity contribution in [2.45, 2.75) is 43.9 Å². The SMILES string of the molecule is C[Si](C)=[Zr+2]([C]1=CC=C(C(C)(C)C)C1)[CH]1C=Cc2ccccc21.[Cl-].[Cl-]. The Balaban J connectivity index is 0.00000144. The number of benzene rings is 1. The molecule has 0 radical (unpaired) electrons. The normalized spacial score (nSPS) is 17.8. The second-order valence-electron chi connectivity index (χ2n) is 7.69. The van der Waals surface area contributed by atoms with E-state index < -0.39 is 20.4 Å². The Hall–Kier alpha value is 0.120. The summed E-state index contributed by atoms with van der Waals surface area (Å²) in [6.07, 6.45) is 11.1. The first kappa shape index (κ1) is 22.2. The maximum atomic E-state index is 2.56. The van der Waals surface area contributed by atoms with Gasteiger partial charge in [-0.3, -0.25) is 0 Å². The monoisotopic (exact) mass is 454 g/mol. The van der Waals surface area contributed by atoms with Crippen molar-refractivity contribution in [2.75, 3.05) is 0 Å². The molecule has 0 nitrogen and oxygen atoms in total. The van der Waals surface area contributed by atoms with E-state index in [1.54, 1.807) is 11.1 Å². The first-order valence-corrected chi connectivity index (χ1v) is 17.1. The van der Waals surface area contributed by atoms with E-state index in [-0.39, 0.29) is 30.2 Å². The van der Waals surface area contributed by atoms with Gasteiger partial charge in [-0.2, -0.15) is 0 Å². The average Bonchev–Trinajstić information content (AvgIpc) is 3.06. The van der Waals surface area contributed by atoms with Crippen molar-refractivity contribution >= 4 is 11.5 Å². The Morgan fingerprint density at radius 1 is 1.04 bits per heavy atom. The molecule has 0 spiro atoms. The summed E-state index contributed by atoms with van der Waals surface area (Å²) in [4.78, 5) is 0. The third-order valence-corrected chi connectivity index (χ3v) is 22.9. The Morgan fingerprint density at radius 3 is 2.29 bits per heavy atom. The van der Waals surface area contributed by atoms with Crippen LogP contribution in [0.4, 0.5) is 0 Å². The molecule has 1 aromatic carbocycles. The van der Waals surface area contributed by atoms with Crippen molar-refractivity contribution in [3.05, 3.63) is 62.5 Å². The van der Waals surface area contributed by atoms with Crippen molar-refractivity contribution in [3.8, 4) is 0 Å². The van der Waals surface area contributed by atoms with Gasteiger partial charge in [0.25, 0.3) is 0 Å². The zero-order chi connectivity index (χ0) is 15.9. The molecule has 2 aliphatic rings. The molecular weight excluding hydrogens is 430 g/mol. The molecule has 4 heteroatoms. The van der Waals surface area contributed by atoms with Gasteiger partial charge in [0.1, 0.15) is 0 Å². The average molecular weight is 457 g/mol. The second-order valence-corrected chi connectivity index (χ2v) is 25.4. The third-order valence-electron chi connectivity index (χ3n) is 4.82. The van der Waals surface area contributed by atoms with Crippen LogP contribution in [0, 0.1) is 5.41 Å². The molecule has 0 bridgehead atoms. The van der Waals surface area contributed by atoms with Crippen molar-refractivity contribution in [1.29, 1.82) is 0 Å². The number of fused-ring (bicyclic) bond motifs is 1. The molecule has 1 atom stereocenters. The van der Waals surface area contributed by atoms with E-state index in [0.717, 1.165) is 3.63 Å². The van der Waals surface area contributed by atoms with Crippen molar-refractivity contribution in [2.24, 2.45) is 5.41 Å². The quantitative estimate of drug-likeness (QED) is 0.545. The fraction of sp³-hybridized carbons (Fsp3) is 0.400. The van der Waals surface area contributed by atoms with Crippen LogP contribution in [0.25, 0.3) is 6.08 Å². The van der Waals surface area contributed by atoms with Gasteiger partial charge in [0, 0.05) is 0 Å². The minimum Gasteiger partial charge on any atom is -1.00 e. The van der Waals surface area contributed by atoms with Crippen LogP contribution in [-0.4, -0.2) is 5.43 Å². The number of rotatable bonds is 2. The standard InChI is InChI=1S/C9H7.C9H13.C2H6Si.2ClH.Zr/c1-2-5-9-7-3-6-8(9)4-1;1-9(2,3)8-6-4-5-7-8;1-3-2;;;/h1-7H;4,6H,7H2,1-3H3;1-2H3;2*1H;/q;;;;;+2/p-2. The number of allylic oxidation sites excluding steroid dienone is 5. The molecule has 0 N–H and O–H groups in total. The molecule has 2 aliphatic carbocycles. The van der Waals surface area contributed by atoms with Gasteiger partial charge in [-0.05, 0) is 0 Å². The van der Waals surface area contributed by atoms with E-state index in [1.165, 1.54) is 12.0 Å². The molecule has 0 saturated carbocycles. The maximum absolute atomic E-state index is 2.56. The van der Waals surface area contributed by atoms with Gasteiger partial charge in [-0.25, -0.2) is 0 Å². The van der Waals surface area contributed by atoms with Crippen molar-refractivity contribution in [3.63, 3.8) is 0 Å². The molecule has 0 heterocycles. The van der Waals surface area contributed by atoms with Crippen LogP contribution in [0.1, 0.15) is 41.9 Å². The van der Waals surface area contributed by atoms with Crippen molar-refractivity contribution < 1.29 is 45.2 Å². The van der Waals surface area contributed by atoms with Crippen LogP contribution in [0.2, 0.25) is 13.1 Å². The van der Waals surface area contributed by atoms with Crippen molar-refractivity contribution in [1.82, 2.24) is 0 Å². The molecule has 0 saturated heterocycles.